The van der Waals surface area contributed by atoms with Crippen LogP contribution in [0.25, 0.3) is 65.7 Å². The lowest BCUT2D eigenvalue weighted by atomic mass is 9.93. The Morgan fingerprint density at radius 2 is 1.21 bits per heavy atom. The third-order valence-corrected chi connectivity index (χ3v) is 6.66. The van der Waals surface area contributed by atoms with Crippen LogP contribution in [0.2, 0.25) is 0 Å². The Bertz CT molecular complexity index is 1810. The molecule has 33 heavy (non-hydrogen) atoms. The molecule has 0 radical (unpaired) electrons. The number of rotatable bonds is 2. The predicted molar refractivity (Wildman–Crippen MR) is 139 cm³/mol. The molecule has 2 aromatic heterocycles. The average molecular weight is 421 g/mol. The maximum atomic E-state index is 4.64. The number of hydrogen-bond acceptors (Lipinski definition) is 1. The van der Waals surface area contributed by atoms with Crippen molar-refractivity contribution in [3.63, 3.8) is 0 Å². The topological polar surface area (TPSA) is 28.7 Å². The highest BCUT2D eigenvalue weighted by Crippen LogP contribution is 2.37. The van der Waals surface area contributed by atoms with Crippen molar-refractivity contribution >= 4 is 43.5 Å². The first-order valence-electron chi connectivity index (χ1n) is 11.2. The highest BCUT2D eigenvalue weighted by Gasteiger charge is 2.12. The van der Waals surface area contributed by atoms with E-state index in [0.717, 1.165) is 10.9 Å². The summed E-state index contributed by atoms with van der Waals surface area (Å²) in [5.41, 5.74) is 8.30. The highest BCUT2D eigenvalue weighted by molar-refractivity contribution is 6.13. The largest absolute Gasteiger partial charge is 0.354 e. The molecule has 2 heteroatoms. The number of benzene rings is 5. The fraction of sp³-hybridized carbons (Fsp3) is 0. The maximum Gasteiger partial charge on any atom is 0.0780 e. The van der Waals surface area contributed by atoms with Crippen molar-refractivity contribution in [2.75, 3.05) is 0 Å². The Labute approximate surface area is 191 Å². The second kappa shape index (κ2) is 7.04. The molecule has 0 saturated carbocycles. The van der Waals surface area contributed by atoms with Crippen LogP contribution in [0.15, 0.2) is 115 Å². The summed E-state index contributed by atoms with van der Waals surface area (Å²) >= 11 is 0. The van der Waals surface area contributed by atoms with Gasteiger partial charge in [0, 0.05) is 38.8 Å². The zero-order valence-corrected chi connectivity index (χ0v) is 17.9. The third kappa shape index (κ3) is 2.78. The van der Waals surface area contributed by atoms with Gasteiger partial charge in [0.15, 0.2) is 0 Å². The summed E-state index contributed by atoms with van der Waals surface area (Å²) in [7, 11) is 0. The van der Waals surface area contributed by atoms with Crippen LogP contribution in [-0.2, 0) is 0 Å². The van der Waals surface area contributed by atoms with Gasteiger partial charge in [-0.05, 0) is 40.3 Å². The number of aromatic nitrogens is 2. The van der Waals surface area contributed by atoms with Gasteiger partial charge >= 0.3 is 0 Å². The lowest BCUT2D eigenvalue weighted by Crippen LogP contribution is -1.87. The van der Waals surface area contributed by atoms with Crippen LogP contribution in [0.3, 0.4) is 0 Å². The lowest BCUT2D eigenvalue weighted by Gasteiger charge is -2.11. The van der Waals surface area contributed by atoms with E-state index in [2.05, 4.69) is 113 Å². The molecule has 7 aromatic rings. The van der Waals surface area contributed by atoms with Crippen LogP contribution >= 0.6 is 0 Å². The smallest absolute Gasteiger partial charge is 0.0780 e. The van der Waals surface area contributed by atoms with Crippen molar-refractivity contribution in [2.24, 2.45) is 0 Å². The van der Waals surface area contributed by atoms with E-state index in [9.17, 15) is 0 Å². The van der Waals surface area contributed by atoms with Crippen LogP contribution in [0.4, 0.5) is 0 Å². The molecule has 5 aromatic carbocycles. The number of H-pyrrole nitrogens is 1. The first-order chi connectivity index (χ1) is 16.4. The second-order valence-electron chi connectivity index (χ2n) is 8.52. The monoisotopic (exact) mass is 420 g/mol. The van der Waals surface area contributed by atoms with Gasteiger partial charge in [0.1, 0.15) is 0 Å². The molecular weight excluding hydrogens is 400 g/mol. The third-order valence-electron chi connectivity index (χ3n) is 6.66. The standard InChI is InChI=1S/C31H20N2/c1-2-10-26-24(8-1)28(19-22-7-6-18-32-30(22)26)21-16-14-20(15-17-21)23-11-5-12-27-25-9-3-4-13-29(25)33-31(23)27/h1-19,33H. The Kier molecular flexibility index (Phi) is 3.88. The molecule has 0 spiro atoms. The first kappa shape index (κ1) is 18.2. The first-order valence-corrected chi connectivity index (χ1v) is 11.2. The van der Waals surface area contributed by atoms with Gasteiger partial charge in [-0.25, -0.2) is 0 Å². The summed E-state index contributed by atoms with van der Waals surface area (Å²) in [5.74, 6) is 0. The van der Waals surface area contributed by atoms with Crippen molar-refractivity contribution in [1.29, 1.82) is 0 Å². The van der Waals surface area contributed by atoms with E-state index in [4.69, 9.17) is 0 Å². The number of nitrogens with zero attached hydrogens (tertiary/aromatic N) is 1. The summed E-state index contributed by atoms with van der Waals surface area (Å²) in [6.45, 7) is 0. The Morgan fingerprint density at radius 1 is 0.515 bits per heavy atom. The minimum Gasteiger partial charge on any atom is -0.354 e. The molecule has 0 atom stereocenters. The van der Waals surface area contributed by atoms with Crippen molar-refractivity contribution in [3.8, 4) is 22.3 Å². The van der Waals surface area contributed by atoms with E-state index in [-0.39, 0.29) is 0 Å². The molecule has 0 aliphatic rings. The van der Waals surface area contributed by atoms with E-state index in [1.165, 1.54) is 54.8 Å². The summed E-state index contributed by atoms with van der Waals surface area (Å²) < 4.78 is 0. The molecule has 1 N–H and O–H groups in total. The van der Waals surface area contributed by atoms with Gasteiger partial charge in [-0.3, -0.25) is 4.98 Å². The van der Waals surface area contributed by atoms with Gasteiger partial charge < -0.3 is 4.98 Å². The molecular formula is C31H20N2. The maximum absolute atomic E-state index is 4.64. The number of fused-ring (bicyclic) bond motifs is 6. The van der Waals surface area contributed by atoms with Crippen LogP contribution in [-0.4, -0.2) is 9.97 Å². The fourth-order valence-corrected chi connectivity index (χ4v) is 5.10. The molecule has 0 bridgehead atoms. The van der Waals surface area contributed by atoms with Crippen molar-refractivity contribution in [3.05, 3.63) is 115 Å². The number of aromatic amines is 1. The summed E-state index contributed by atoms with van der Waals surface area (Å²) in [6, 6.07) is 38.9. The van der Waals surface area contributed by atoms with E-state index >= 15 is 0 Å². The molecule has 7 rings (SSSR count). The number of hydrogen-bond donors (Lipinski definition) is 1. The molecule has 0 amide bonds. The molecule has 0 saturated heterocycles. The Morgan fingerprint density at radius 3 is 2.06 bits per heavy atom. The lowest BCUT2D eigenvalue weighted by molar-refractivity contribution is 1.43. The van der Waals surface area contributed by atoms with E-state index in [1.807, 2.05) is 12.3 Å². The van der Waals surface area contributed by atoms with Crippen LogP contribution in [0.5, 0.6) is 0 Å². The quantitative estimate of drug-likeness (QED) is 0.280. The highest BCUT2D eigenvalue weighted by atomic mass is 14.7. The Hall–Kier alpha value is -4.43. The molecule has 0 unspecified atom stereocenters. The molecule has 0 fully saturated rings. The number of nitrogens with one attached hydrogen (secondary N) is 1. The predicted octanol–water partition coefficient (Wildman–Crippen LogP) is 8.36. The molecule has 154 valence electrons. The van der Waals surface area contributed by atoms with Gasteiger partial charge in [-0.2, -0.15) is 0 Å². The SMILES string of the molecule is c1cnc2c(c1)cc(-c1ccc(-c3cccc4c3[nH]c3ccccc34)cc1)c1ccccc12. The molecule has 2 nitrogen and oxygen atoms in total. The van der Waals surface area contributed by atoms with Crippen molar-refractivity contribution < 1.29 is 0 Å². The zero-order chi connectivity index (χ0) is 21.8. The summed E-state index contributed by atoms with van der Waals surface area (Å²) in [6.07, 6.45) is 1.87. The Balaban J connectivity index is 1.40. The molecule has 0 aliphatic carbocycles. The van der Waals surface area contributed by atoms with Gasteiger partial charge in [0.25, 0.3) is 0 Å². The molecule has 2 heterocycles. The van der Waals surface area contributed by atoms with E-state index in [0.29, 0.717) is 0 Å². The molecule has 0 aliphatic heterocycles. The summed E-state index contributed by atoms with van der Waals surface area (Å²) in [5, 5.41) is 6.12. The van der Waals surface area contributed by atoms with Crippen LogP contribution in [0, 0.1) is 0 Å². The van der Waals surface area contributed by atoms with Crippen LogP contribution < -0.4 is 0 Å². The average Bonchev–Trinajstić information content (AvgIpc) is 3.27. The fourth-order valence-electron chi connectivity index (χ4n) is 5.10. The minimum atomic E-state index is 1.05. The van der Waals surface area contributed by atoms with Gasteiger partial charge in [-0.1, -0.05) is 91.0 Å². The van der Waals surface area contributed by atoms with Gasteiger partial charge in [0.05, 0.1) is 11.0 Å². The van der Waals surface area contributed by atoms with E-state index in [1.54, 1.807) is 0 Å². The normalized spacial score (nSPS) is 11.6. The van der Waals surface area contributed by atoms with Crippen LogP contribution in [0.1, 0.15) is 0 Å². The number of pyridine rings is 1. The second-order valence-corrected chi connectivity index (χ2v) is 8.52. The van der Waals surface area contributed by atoms with Crippen molar-refractivity contribution in [2.45, 2.75) is 0 Å². The minimum absolute atomic E-state index is 1.05. The zero-order valence-electron chi connectivity index (χ0n) is 17.9. The van der Waals surface area contributed by atoms with Gasteiger partial charge in [-0.15, -0.1) is 0 Å². The number of para-hydroxylation sites is 2. The van der Waals surface area contributed by atoms with Gasteiger partial charge in [0.2, 0.25) is 0 Å². The summed E-state index contributed by atoms with van der Waals surface area (Å²) in [4.78, 5) is 8.27. The van der Waals surface area contributed by atoms with Crippen molar-refractivity contribution in [1.82, 2.24) is 9.97 Å². The van der Waals surface area contributed by atoms with E-state index < -0.39 is 0 Å².